The average molecular weight is 557 g/mol. The van der Waals surface area contributed by atoms with E-state index in [1.54, 1.807) is 17.6 Å². The number of hydrogen-bond acceptors (Lipinski definition) is 7. The summed E-state index contributed by atoms with van der Waals surface area (Å²) >= 11 is 1.28. The van der Waals surface area contributed by atoms with Gasteiger partial charge in [-0.2, -0.15) is 0 Å². The van der Waals surface area contributed by atoms with Gasteiger partial charge in [0.15, 0.2) is 10.7 Å². The number of thiazole rings is 1. The molecule has 1 aliphatic rings. The van der Waals surface area contributed by atoms with Gasteiger partial charge in [-0.05, 0) is 63.6 Å². The Kier molecular flexibility index (Phi) is 8.02. The summed E-state index contributed by atoms with van der Waals surface area (Å²) in [6.07, 6.45) is 1.75. The molecule has 0 aliphatic carbocycles. The Morgan fingerprint density at radius 2 is 1.80 bits per heavy atom. The van der Waals surface area contributed by atoms with Crippen LogP contribution in [0.2, 0.25) is 0 Å². The molecule has 0 unspecified atom stereocenters. The summed E-state index contributed by atoms with van der Waals surface area (Å²) in [5, 5.41) is 2.97. The molecule has 2 aromatic heterocycles. The lowest BCUT2D eigenvalue weighted by molar-refractivity contribution is -0.113. The molecule has 0 radical (unpaired) electrons. The number of carbonyl (C=O) groups is 1. The van der Waals surface area contributed by atoms with Crippen molar-refractivity contribution in [3.63, 3.8) is 0 Å². The lowest BCUT2D eigenvalue weighted by atomic mass is 9.95. The zero-order chi connectivity index (χ0) is 28.2. The van der Waals surface area contributed by atoms with Crippen molar-refractivity contribution in [2.24, 2.45) is 4.99 Å². The highest BCUT2D eigenvalue weighted by molar-refractivity contribution is 7.07. The number of hydrogen-bond donors (Lipinski definition) is 1. The van der Waals surface area contributed by atoms with Crippen LogP contribution in [-0.2, 0) is 4.79 Å². The van der Waals surface area contributed by atoms with Crippen molar-refractivity contribution in [3.8, 4) is 5.75 Å². The molecule has 0 saturated carbocycles. The maximum atomic E-state index is 13.9. The van der Waals surface area contributed by atoms with Crippen LogP contribution in [0.4, 0.5) is 11.6 Å². The summed E-state index contributed by atoms with van der Waals surface area (Å²) < 4.78 is 13.7. The number of aromatic nitrogens is 1. The number of ether oxygens (including phenoxy) is 1. The van der Waals surface area contributed by atoms with Crippen LogP contribution in [0.3, 0.4) is 0 Å². The van der Waals surface area contributed by atoms with Gasteiger partial charge in [0.2, 0.25) is 0 Å². The molecular formula is C31H32N4O4S. The Morgan fingerprint density at radius 3 is 2.48 bits per heavy atom. The summed E-state index contributed by atoms with van der Waals surface area (Å²) in [6, 6.07) is 19.9. The molecule has 1 atom stereocenters. The van der Waals surface area contributed by atoms with E-state index < -0.39 is 6.04 Å². The standard InChI is InChI=1S/C31H32N4O4S/c1-5-34(6-2)26-18-17-24(39-26)19-25-30(37)35-28(21-13-15-23(16-14-21)38-7-3)27(20(4)32-31(35)40-25)29(36)33-22-11-9-8-10-12-22/h8-19,28H,5-7H2,1-4H3,(H,33,36)/b25-19-/t28-/m1/s1. The molecule has 40 heavy (non-hydrogen) atoms. The largest absolute Gasteiger partial charge is 0.494 e. The lowest BCUT2D eigenvalue weighted by Gasteiger charge is -2.25. The van der Waals surface area contributed by atoms with Crippen LogP contribution in [0.25, 0.3) is 6.08 Å². The number of nitrogens with zero attached hydrogens (tertiary/aromatic N) is 3. The zero-order valence-corrected chi connectivity index (χ0v) is 23.8. The average Bonchev–Trinajstić information content (AvgIpc) is 3.54. The fraction of sp³-hybridized carbons (Fsp3) is 0.258. The van der Waals surface area contributed by atoms with Crippen molar-refractivity contribution < 1.29 is 13.9 Å². The molecule has 0 saturated heterocycles. The monoisotopic (exact) mass is 556 g/mol. The Balaban J connectivity index is 1.62. The molecule has 1 N–H and O–H groups in total. The molecule has 8 nitrogen and oxygen atoms in total. The minimum Gasteiger partial charge on any atom is -0.494 e. The Labute approximate surface area is 236 Å². The first-order valence-electron chi connectivity index (χ1n) is 13.4. The molecule has 4 aromatic rings. The quantitative estimate of drug-likeness (QED) is 0.323. The molecule has 5 rings (SSSR count). The molecule has 206 valence electrons. The van der Waals surface area contributed by atoms with Crippen molar-refractivity contribution in [3.05, 3.63) is 109 Å². The van der Waals surface area contributed by atoms with Crippen molar-refractivity contribution in [2.75, 3.05) is 29.9 Å². The summed E-state index contributed by atoms with van der Waals surface area (Å²) in [5.74, 6) is 1.75. The number of nitrogens with one attached hydrogen (secondary N) is 1. The minimum absolute atomic E-state index is 0.235. The minimum atomic E-state index is -0.666. The molecule has 0 fully saturated rings. The van der Waals surface area contributed by atoms with Crippen molar-refractivity contribution in [1.82, 2.24) is 4.57 Å². The second-order valence-electron chi connectivity index (χ2n) is 9.25. The second kappa shape index (κ2) is 11.8. The van der Waals surface area contributed by atoms with E-state index in [2.05, 4.69) is 24.1 Å². The third kappa shape index (κ3) is 5.37. The van der Waals surface area contributed by atoms with Crippen molar-refractivity contribution >= 4 is 34.9 Å². The molecule has 1 aliphatic heterocycles. The predicted molar refractivity (Wildman–Crippen MR) is 159 cm³/mol. The Hall–Kier alpha value is -4.37. The van der Waals surface area contributed by atoms with Gasteiger partial charge in [0.25, 0.3) is 11.5 Å². The fourth-order valence-electron chi connectivity index (χ4n) is 4.81. The van der Waals surface area contributed by atoms with Crippen LogP contribution in [0.5, 0.6) is 5.75 Å². The highest BCUT2D eigenvalue weighted by Gasteiger charge is 2.32. The van der Waals surface area contributed by atoms with Gasteiger partial charge in [0.05, 0.1) is 28.5 Å². The normalized spacial score (nSPS) is 15.0. The summed E-state index contributed by atoms with van der Waals surface area (Å²) in [7, 11) is 0. The Morgan fingerprint density at radius 1 is 1.07 bits per heavy atom. The number of para-hydroxylation sites is 1. The van der Waals surface area contributed by atoms with Crippen LogP contribution in [-0.4, -0.2) is 30.2 Å². The molecule has 2 aromatic carbocycles. The molecule has 3 heterocycles. The van der Waals surface area contributed by atoms with Crippen molar-refractivity contribution in [2.45, 2.75) is 33.7 Å². The van der Waals surface area contributed by atoms with Gasteiger partial charge in [0, 0.05) is 30.9 Å². The van der Waals surface area contributed by atoms with Gasteiger partial charge >= 0.3 is 0 Å². The van der Waals surface area contributed by atoms with Gasteiger partial charge < -0.3 is 19.4 Å². The first kappa shape index (κ1) is 27.2. The number of fused-ring (bicyclic) bond motifs is 1. The molecule has 1 amide bonds. The van der Waals surface area contributed by atoms with Crippen LogP contribution in [0.15, 0.2) is 92.2 Å². The zero-order valence-electron chi connectivity index (χ0n) is 23.0. The number of benzene rings is 2. The lowest BCUT2D eigenvalue weighted by Crippen LogP contribution is -2.40. The predicted octanol–water partition coefficient (Wildman–Crippen LogP) is 4.71. The smallest absolute Gasteiger partial charge is 0.271 e. The van der Waals surface area contributed by atoms with Crippen LogP contribution < -0.4 is 29.8 Å². The van der Waals surface area contributed by atoms with Crippen molar-refractivity contribution in [1.29, 1.82) is 0 Å². The number of anilines is 2. The summed E-state index contributed by atoms with van der Waals surface area (Å²) in [5.41, 5.74) is 2.18. The van der Waals surface area contributed by atoms with E-state index in [0.29, 0.717) is 38.7 Å². The number of rotatable bonds is 9. The first-order chi connectivity index (χ1) is 19.4. The van der Waals surface area contributed by atoms with Gasteiger partial charge in [-0.25, -0.2) is 4.99 Å². The summed E-state index contributed by atoms with van der Waals surface area (Å²) in [6.45, 7) is 10.1. The highest BCUT2D eigenvalue weighted by Crippen LogP contribution is 2.32. The van der Waals surface area contributed by atoms with Gasteiger partial charge in [-0.3, -0.25) is 14.2 Å². The van der Waals surface area contributed by atoms with E-state index in [1.165, 1.54) is 11.3 Å². The van der Waals surface area contributed by atoms with Crippen LogP contribution in [0.1, 0.15) is 45.1 Å². The second-order valence-corrected chi connectivity index (χ2v) is 10.3. The van der Waals surface area contributed by atoms with Gasteiger partial charge in [-0.1, -0.05) is 41.7 Å². The van der Waals surface area contributed by atoms with Gasteiger partial charge in [-0.15, -0.1) is 0 Å². The van der Waals surface area contributed by atoms with E-state index in [0.717, 1.165) is 30.3 Å². The molecule has 9 heteroatoms. The van der Waals surface area contributed by atoms with E-state index >= 15 is 0 Å². The maximum absolute atomic E-state index is 13.9. The molecular weight excluding hydrogens is 524 g/mol. The topological polar surface area (TPSA) is 89.1 Å². The SMILES string of the molecule is CCOc1ccc([C@@H]2C(C(=O)Nc3ccccc3)=C(C)N=c3s/c(=C\c4ccc(N(CC)CC)o4)c(=O)n32)cc1. The summed E-state index contributed by atoms with van der Waals surface area (Å²) in [4.78, 5) is 34.9. The number of carbonyl (C=O) groups excluding carboxylic acids is 1. The molecule has 0 spiro atoms. The van der Waals surface area contributed by atoms with E-state index in [4.69, 9.17) is 14.1 Å². The third-order valence-electron chi connectivity index (χ3n) is 6.77. The van der Waals surface area contributed by atoms with Gasteiger partial charge in [0.1, 0.15) is 11.5 Å². The van der Waals surface area contributed by atoms with Crippen LogP contribution >= 0.6 is 11.3 Å². The number of amides is 1. The van der Waals surface area contributed by atoms with E-state index in [9.17, 15) is 9.59 Å². The number of allylic oxidation sites excluding steroid dienone is 1. The maximum Gasteiger partial charge on any atom is 0.271 e. The molecule has 0 bridgehead atoms. The van der Waals surface area contributed by atoms with Crippen LogP contribution in [0, 0.1) is 0 Å². The van der Waals surface area contributed by atoms with E-state index in [1.807, 2.05) is 73.7 Å². The highest BCUT2D eigenvalue weighted by atomic mass is 32.1. The van der Waals surface area contributed by atoms with E-state index in [-0.39, 0.29) is 11.5 Å². The third-order valence-corrected chi connectivity index (χ3v) is 7.75. The number of furan rings is 1. The Bertz CT molecular complexity index is 1710. The fourth-order valence-corrected chi connectivity index (χ4v) is 5.84. The first-order valence-corrected chi connectivity index (χ1v) is 14.2.